The number of benzene rings is 1. The molecule has 0 aliphatic carbocycles. The summed E-state index contributed by atoms with van der Waals surface area (Å²) in [5.41, 5.74) is 2.21. The summed E-state index contributed by atoms with van der Waals surface area (Å²) in [4.78, 5) is 23.7. The van der Waals surface area contributed by atoms with E-state index < -0.39 is 17.9 Å². The van der Waals surface area contributed by atoms with Crippen LogP contribution in [0.4, 0.5) is 5.69 Å². The molecule has 1 aliphatic heterocycles. The Kier molecular flexibility index (Phi) is 3.50. The topological polar surface area (TPSA) is 77.8 Å². The summed E-state index contributed by atoms with van der Waals surface area (Å²) in [7, 11) is 0. The molecule has 1 aromatic rings. The van der Waals surface area contributed by atoms with Gasteiger partial charge in [0.2, 0.25) is 0 Å². The monoisotopic (exact) mass is 249 g/mol. The maximum Gasteiger partial charge on any atom is 0.308 e. The third-order valence-electron chi connectivity index (χ3n) is 3.19. The van der Waals surface area contributed by atoms with Crippen molar-refractivity contribution in [3.8, 4) is 0 Å². The fourth-order valence-corrected chi connectivity index (χ4v) is 2.30. The van der Waals surface area contributed by atoms with Crippen molar-refractivity contribution in [3.05, 3.63) is 29.8 Å². The van der Waals surface area contributed by atoms with Crippen LogP contribution in [0.1, 0.15) is 12.0 Å². The maximum atomic E-state index is 11.0. The molecule has 1 aliphatic rings. The van der Waals surface area contributed by atoms with Crippen molar-refractivity contribution in [2.24, 2.45) is 5.92 Å². The Bertz CT molecular complexity index is 472. The van der Waals surface area contributed by atoms with Gasteiger partial charge >= 0.3 is 11.9 Å². The molecule has 5 nitrogen and oxygen atoms in total. The van der Waals surface area contributed by atoms with Crippen LogP contribution in [0.3, 0.4) is 0 Å². The third-order valence-corrected chi connectivity index (χ3v) is 3.19. The molecule has 1 aromatic carbocycles. The number of carbonyl (C=O) groups is 2. The van der Waals surface area contributed by atoms with Gasteiger partial charge in [0.05, 0.1) is 12.3 Å². The van der Waals surface area contributed by atoms with E-state index in [-0.39, 0.29) is 13.0 Å². The van der Waals surface area contributed by atoms with Gasteiger partial charge in [-0.05, 0) is 18.1 Å². The molecule has 0 amide bonds. The molecule has 1 atom stereocenters. The number of aliphatic carboxylic acids is 2. The second-order valence-corrected chi connectivity index (χ2v) is 4.46. The molecule has 1 unspecified atom stereocenters. The minimum absolute atomic E-state index is 0.249. The van der Waals surface area contributed by atoms with Gasteiger partial charge in [-0.15, -0.1) is 0 Å². The molecule has 0 aromatic heterocycles. The quantitative estimate of drug-likeness (QED) is 0.820. The predicted molar refractivity (Wildman–Crippen MR) is 65.7 cm³/mol. The van der Waals surface area contributed by atoms with Gasteiger partial charge in [0.25, 0.3) is 0 Å². The van der Waals surface area contributed by atoms with Crippen molar-refractivity contribution in [2.45, 2.75) is 12.8 Å². The van der Waals surface area contributed by atoms with E-state index in [4.69, 9.17) is 10.2 Å². The average Bonchev–Trinajstić information content (AvgIpc) is 2.71. The van der Waals surface area contributed by atoms with Crippen molar-refractivity contribution in [1.29, 1.82) is 0 Å². The minimum Gasteiger partial charge on any atom is -0.481 e. The first-order chi connectivity index (χ1) is 8.58. The van der Waals surface area contributed by atoms with Gasteiger partial charge in [-0.25, -0.2) is 0 Å². The fraction of sp³-hybridized carbons (Fsp3) is 0.385. The normalized spacial score (nSPS) is 15.2. The van der Waals surface area contributed by atoms with Crippen LogP contribution in [0.5, 0.6) is 0 Å². The molecule has 18 heavy (non-hydrogen) atoms. The van der Waals surface area contributed by atoms with E-state index in [1.54, 1.807) is 0 Å². The van der Waals surface area contributed by atoms with Gasteiger partial charge in [-0.3, -0.25) is 9.59 Å². The molecule has 0 saturated carbocycles. The molecule has 0 fully saturated rings. The van der Waals surface area contributed by atoms with Crippen molar-refractivity contribution in [2.75, 3.05) is 18.0 Å². The molecule has 0 saturated heterocycles. The van der Waals surface area contributed by atoms with Gasteiger partial charge in [0, 0.05) is 18.8 Å². The van der Waals surface area contributed by atoms with E-state index in [1.165, 1.54) is 5.56 Å². The highest BCUT2D eigenvalue weighted by molar-refractivity contribution is 5.78. The lowest BCUT2D eigenvalue weighted by molar-refractivity contribution is -0.147. The highest BCUT2D eigenvalue weighted by Gasteiger charge is 2.27. The molecule has 0 bridgehead atoms. The van der Waals surface area contributed by atoms with Gasteiger partial charge < -0.3 is 15.1 Å². The largest absolute Gasteiger partial charge is 0.481 e. The zero-order valence-corrected chi connectivity index (χ0v) is 9.87. The van der Waals surface area contributed by atoms with Crippen molar-refractivity contribution < 1.29 is 19.8 Å². The summed E-state index contributed by atoms with van der Waals surface area (Å²) in [5.74, 6) is -3.00. The first-order valence-corrected chi connectivity index (χ1v) is 5.85. The van der Waals surface area contributed by atoms with Crippen LogP contribution in [0.15, 0.2) is 24.3 Å². The Balaban J connectivity index is 2.09. The number of rotatable bonds is 5. The third kappa shape index (κ3) is 2.61. The zero-order chi connectivity index (χ0) is 13.1. The molecule has 0 radical (unpaired) electrons. The van der Waals surface area contributed by atoms with Crippen LogP contribution in [0.2, 0.25) is 0 Å². The predicted octanol–water partition coefficient (Wildman–Crippen LogP) is 1.22. The van der Waals surface area contributed by atoms with Crippen molar-refractivity contribution in [1.82, 2.24) is 0 Å². The summed E-state index contributed by atoms with van der Waals surface area (Å²) in [6.45, 7) is 1.00. The number of nitrogens with zero attached hydrogens (tertiary/aromatic N) is 1. The second-order valence-electron chi connectivity index (χ2n) is 4.46. The van der Waals surface area contributed by atoms with Crippen LogP contribution >= 0.6 is 0 Å². The maximum absolute atomic E-state index is 11.0. The van der Waals surface area contributed by atoms with Crippen molar-refractivity contribution >= 4 is 17.6 Å². The Labute approximate surface area is 105 Å². The summed E-state index contributed by atoms with van der Waals surface area (Å²) in [6.07, 6.45) is 0.545. The molecular weight excluding hydrogens is 234 g/mol. The highest BCUT2D eigenvalue weighted by Crippen LogP contribution is 2.28. The zero-order valence-electron chi connectivity index (χ0n) is 9.87. The number of fused-ring (bicyclic) bond motifs is 1. The van der Waals surface area contributed by atoms with Gasteiger partial charge in [0.15, 0.2) is 0 Å². The van der Waals surface area contributed by atoms with Gasteiger partial charge in [-0.2, -0.15) is 0 Å². The molecule has 1 heterocycles. The van der Waals surface area contributed by atoms with Crippen LogP contribution in [0.25, 0.3) is 0 Å². The number of para-hydroxylation sites is 1. The summed E-state index contributed by atoms with van der Waals surface area (Å²) < 4.78 is 0. The second kappa shape index (κ2) is 5.08. The number of carboxylic acids is 2. The SMILES string of the molecule is O=C(O)CC(CN1CCc2ccccc21)C(=O)O. The average molecular weight is 249 g/mol. The Morgan fingerprint density at radius 3 is 2.67 bits per heavy atom. The van der Waals surface area contributed by atoms with E-state index in [2.05, 4.69) is 0 Å². The van der Waals surface area contributed by atoms with Crippen LogP contribution in [-0.4, -0.2) is 35.2 Å². The Hall–Kier alpha value is -2.04. The van der Waals surface area contributed by atoms with Crippen LogP contribution < -0.4 is 4.90 Å². The summed E-state index contributed by atoms with van der Waals surface area (Å²) >= 11 is 0. The van der Waals surface area contributed by atoms with E-state index in [9.17, 15) is 9.59 Å². The first kappa shape index (κ1) is 12.4. The number of anilines is 1. The van der Waals surface area contributed by atoms with Crippen LogP contribution in [0, 0.1) is 5.92 Å². The highest BCUT2D eigenvalue weighted by atomic mass is 16.4. The van der Waals surface area contributed by atoms with E-state index in [0.29, 0.717) is 0 Å². The van der Waals surface area contributed by atoms with Gasteiger partial charge in [-0.1, -0.05) is 18.2 Å². The Morgan fingerprint density at radius 2 is 2.00 bits per heavy atom. The summed E-state index contributed by atoms with van der Waals surface area (Å²) in [5, 5.41) is 17.8. The lowest BCUT2D eigenvalue weighted by Gasteiger charge is -2.22. The summed E-state index contributed by atoms with van der Waals surface area (Å²) in [6, 6.07) is 7.82. The van der Waals surface area contributed by atoms with E-state index >= 15 is 0 Å². The number of carboxylic acid groups (broad SMARTS) is 2. The van der Waals surface area contributed by atoms with Crippen LogP contribution in [-0.2, 0) is 16.0 Å². The van der Waals surface area contributed by atoms with E-state index in [0.717, 1.165) is 18.7 Å². The number of hydrogen-bond acceptors (Lipinski definition) is 3. The van der Waals surface area contributed by atoms with E-state index in [1.807, 2.05) is 29.2 Å². The standard InChI is InChI=1S/C13H15NO4/c15-12(16)7-10(13(17)18)8-14-6-5-9-3-1-2-4-11(9)14/h1-4,10H,5-8H2,(H,15,16)(H,17,18). The van der Waals surface area contributed by atoms with Crippen molar-refractivity contribution in [3.63, 3.8) is 0 Å². The fourth-order valence-electron chi connectivity index (χ4n) is 2.30. The molecule has 96 valence electrons. The lowest BCUT2D eigenvalue weighted by Crippen LogP contribution is -2.33. The molecule has 5 heteroatoms. The lowest BCUT2D eigenvalue weighted by atomic mass is 10.1. The molecule has 0 spiro atoms. The molecule has 2 N–H and O–H groups in total. The smallest absolute Gasteiger partial charge is 0.308 e. The Morgan fingerprint density at radius 1 is 1.28 bits per heavy atom. The molecular formula is C13H15NO4. The molecule has 2 rings (SSSR count). The van der Waals surface area contributed by atoms with Gasteiger partial charge in [0.1, 0.15) is 0 Å². The number of hydrogen-bond donors (Lipinski definition) is 2. The first-order valence-electron chi connectivity index (χ1n) is 5.85. The minimum atomic E-state index is -1.07.